The lowest BCUT2D eigenvalue weighted by Gasteiger charge is -1.96. The molecular formula is C9H12O2. The van der Waals surface area contributed by atoms with Crippen molar-refractivity contribution in [2.75, 3.05) is 0 Å². The van der Waals surface area contributed by atoms with Gasteiger partial charge in [-0.2, -0.15) is 0 Å². The zero-order chi connectivity index (χ0) is 8.43. The van der Waals surface area contributed by atoms with Gasteiger partial charge in [0.1, 0.15) is 0 Å². The molecule has 0 saturated carbocycles. The van der Waals surface area contributed by atoms with Gasteiger partial charge in [0.05, 0.1) is 0 Å². The van der Waals surface area contributed by atoms with E-state index >= 15 is 0 Å². The normalized spacial score (nSPS) is 17.8. The van der Waals surface area contributed by atoms with Gasteiger partial charge >= 0.3 is 0 Å². The van der Waals surface area contributed by atoms with Crippen LogP contribution in [0, 0.1) is 0 Å². The number of rotatable bonds is 2. The number of carbonyl (C=O) groups excluding carboxylic acids is 2. The first-order chi connectivity index (χ1) is 5.16. The number of hydrogen-bond donors (Lipinski definition) is 0. The Balaban J connectivity index is 2.88. The predicted molar refractivity (Wildman–Crippen MR) is 42.2 cm³/mol. The second-order valence-electron chi connectivity index (χ2n) is 2.80. The van der Waals surface area contributed by atoms with Crippen molar-refractivity contribution < 1.29 is 9.59 Å². The lowest BCUT2D eigenvalue weighted by molar-refractivity contribution is -0.116. The third-order valence-electron chi connectivity index (χ3n) is 2.13. The van der Waals surface area contributed by atoms with Crippen molar-refractivity contribution in [1.82, 2.24) is 0 Å². The van der Waals surface area contributed by atoms with E-state index in [4.69, 9.17) is 0 Å². The smallest absolute Gasteiger partial charge is 0.159 e. The summed E-state index contributed by atoms with van der Waals surface area (Å²) in [6.07, 6.45) is 1.71. The molecule has 0 N–H and O–H groups in total. The van der Waals surface area contributed by atoms with Crippen molar-refractivity contribution in [2.24, 2.45) is 0 Å². The summed E-state index contributed by atoms with van der Waals surface area (Å²) in [6, 6.07) is 0. The minimum Gasteiger partial charge on any atom is -0.295 e. The summed E-state index contributed by atoms with van der Waals surface area (Å²) in [4.78, 5) is 22.2. The minimum atomic E-state index is 0.133. The van der Waals surface area contributed by atoms with Gasteiger partial charge in [-0.25, -0.2) is 0 Å². The van der Waals surface area contributed by atoms with Crippen LogP contribution in [0.15, 0.2) is 11.1 Å². The highest BCUT2D eigenvalue weighted by Crippen LogP contribution is 2.23. The number of carbonyl (C=O) groups is 2. The molecule has 0 heterocycles. The van der Waals surface area contributed by atoms with Crippen LogP contribution in [0.4, 0.5) is 0 Å². The first-order valence-electron chi connectivity index (χ1n) is 3.93. The Morgan fingerprint density at radius 3 is 2.45 bits per heavy atom. The standard InChI is InChI=1S/C9H12O2/c1-3-8(10)7-4-5-9(11)6(7)2/h3-5H2,1-2H3. The zero-order valence-electron chi connectivity index (χ0n) is 6.94. The summed E-state index contributed by atoms with van der Waals surface area (Å²) in [5, 5.41) is 0. The highest BCUT2D eigenvalue weighted by Gasteiger charge is 2.22. The Labute approximate surface area is 66.3 Å². The lowest BCUT2D eigenvalue weighted by Crippen LogP contribution is -1.99. The summed E-state index contributed by atoms with van der Waals surface area (Å²) >= 11 is 0. The van der Waals surface area contributed by atoms with Gasteiger partial charge in [0.25, 0.3) is 0 Å². The average molecular weight is 152 g/mol. The molecule has 0 bridgehead atoms. The summed E-state index contributed by atoms with van der Waals surface area (Å²) in [6.45, 7) is 3.57. The molecule has 0 aromatic heterocycles. The van der Waals surface area contributed by atoms with Crippen molar-refractivity contribution in [3.8, 4) is 0 Å². The second-order valence-corrected chi connectivity index (χ2v) is 2.80. The first kappa shape index (κ1) is 8.18. The lowest BCUT2D eigenvalue weighted by atomic mass is 10.1. The molecule has 1 rings (SSSR count). The second kappa shape index (κ2) is 2.99. The Hall–Kier alpha value is -0.920. The molecule has 2 nitrogen and oxygen atoms in total. The van der Waals surface area contributed by atoms with Crippen LogP contribution in [0.1, 0.15) is 33.1 Å². The summed E-state index contributed by atoms with van der Waals surface area (Å²) in [5.74, 6) is 0.273. The van der Waals surface area contributed by atoms with E-state index in [0.29, 0.717) is 24.8 Å². The third kappa shape index (κ3) is 1.39. The molecule has 1 aliphatic rings. The van der Waals surface area contributed by atoms with Crippen molar-refractivity contribution in [3.05, 3.63) is 11.1 Å². The largest absolute Gasteiger partial charge is 0.295 e. The van der Waals surface area contributed by atoms with E-state index in [1.165, 1.54) is 0 Å². The van der Waals surface area contributed by atoms with Crippen LogP contribution in [-0.4, -0.2) is 11.6 Å². The van der Waals surface area contributed by atoms with Gasteiger partial charge in [-0.3, -0.25) is 9.59 Å². The molecule has 60 valence electrons. The molecule has 1 aliphatic carbocycles. The maximum absolute atomic E-state index is 11.2. The van der Waals surface area contributed by atoms with Gasteiger partial charge in [-0.05, 0) is 18.9 Å². The molecule has 0 aliphatic heterocycles. The van der Waals surface area contributed by atoms with Gasteiger partial charge in [0, 0.05) is 18.4 Å². The van der Waals surface area contributed by atoms with Gasteiger partial charge in [0.15, 0.2) is 11.6 Å². The molecule has 0 saturated heterocycles. The molecular weight excluding hydrogens is 140 g/mol. The third-order valence-corrected chi connectivity index (χ3v) is 2.13. The monoisotopic (exact) mass is 152 g/mol. The van der Waals surface area contributed by atoms with Crippen LogP contribution >= 0.6 is 0 Å². The van der Waals surface area contributed by atoms with E-state index in [9.17, 15) is 9.59 Å². The van der Waals surface area contributed by atoms with Crippen molar-refractivity contribution >= 4 is 11.6 Å². The first-order valence-corrected chi connectivity index (χ1v) is 3.93. The summed E-state index contributed by atoms with van der Waals surface area (Å²) < 4.78 is 0. The Bertz CT molecular complexity index is 236. The van der Waals surface area contributed by atoms with E-state index in [0.717, 1.165) is 5.57 Å². The van der Waals surface area contributed by atoms with Crippen molar-refractivity contribution in [2.45, 2.75) is 33.1 Å². The Kier molecular flexibility index (Phi) is 2.22. The van der Waals surface area contributed by atoms with E-state index in [-0.39, 0.29) is 11.6 Å². The molecule has 11 heavy (non-hydrogen) atoms. The summed E-state index contributed by atoms with van der Waals surface area (Å²) in [5.41, 5.74) is 1.45. The fraction of sp³-hybridized carbons (Fsp3) is 0.556. The fourth-order valence-electron chi connectivity index (χ4n) is 1.34. The fourth-order valence-corrected chi connectivity index (χ4v) is 1.34. The van der Waals surface area contributed by atoms with E-state index in [1.54, 1.807) is 6.92 Å². The van der Waals surface area contributed by atoms with Crippen LogP contribution in [0.3, 0.4) is 0 Å². The van der Waals surface area contributed by atoms with Crippen molar-refractivity contribution in [3.63, 3.8) is 0 Å². The minimum absolute atomic E-state index is 0.133. The van der Waals surface area contributed by atoms with E-state index < -0.39 is 0 Å². The maximum atomic E-state index is 11.2. The molecule has 0 spiro atoms. The number of hydrogen-bond acceptors (Lipinski definition) is 2. The molecule has 0 aromatic rings. The Morgan fingerprint density at radius 1 is 1.45 bits per heavy atom. The van der Waals surface area contributed by atoms with Gasteiger partial charge in [0.2, 0.25) is 0 Å². The predicted octanol–water partition coefficient (Wildman–Crippen LogP) is 1.64. The van der Waals surface area contributed by atoms with Crippen LogP contribution in [0.5, 0.6) is 0 Å². The zero-order valence-corrected chi connectivity index (χ0v) is 6.94. The van der Waals surface area contributed by atoms with E-state index in [2.05, 4.69) is 0 Å². The highest BCUT2D eigenvalue weighted by molar-refractivity contribution is 6.09. The molecule has 0 aromatic carbocycles. The van der Waals surface area contributed by atoms with Crippen LogP contribution in [0.2, 0.25) is 0 Å². The number of Topliss-reactive ketones (excluding diaryl/α,β-unsaturated/α-hetero) is 2. The highest BCUT2D eigenvalue weighted by atomic mass is 16.1. The number of allylic oxidation sites excluding steroid dienone is 2. The SMILES string of the molecule is CCC(=O)C1=C(C)C(=O)CC1. The molecule has 0 unspecified atom stereocenters. The molecule has 2 heteroatoms. The Morgan fingerprint density at radius 2 is 2.09 bits per heavy atom. The van der Waals surface area contributed by atoms with Crippen LogP contribution in [-0.2, 0) is 9.59 Å². The van der Waals surface area contributed by atoms with Gasteiger partial charge < -0.3 is 0 Å². The van der Waals surface area contributed by atoms with Crippen molar-refractivity contribution in [1.29, 1.82) is 0 Å². The van der Waals surface area contributed by atoms with E-state index in [1.807, 2.05) is 6.92 Å². The van der Waals surface area contributed by atoms with Crippen LogP contribution in [0.25, 0.3) is 0 Å². The summed E-state index contributed by atoms with van der Waals surface area (Å²) in [7, 11) is 0. The van der Waals surface area contributed by atoms with Gasteiger partial charge in [-0.1, -0.05) is 6.92 Å². The number of ketones is 2. The topological polar surface area (TPSA) is 34.1 Å². The molecule has 0 radical (unpaired) electrons. The molecule has 0 amide bonds. The van der Waals surface area contributed by atoms with Crippen LogP contribution < -0.4 is 0 Å². The van der Waals surface area contributed by atoms with Gasteiger partial charge in [-0.15, -0.1) is 0 Å². The molecule has 0 atom stereocenters. The molecule has 0 fully saturated rings. The quantitative estimate of drug-likeness (QED) is 0.602. The maximum Gasteiger partial charge on any atom is 0.159 e. The average Bonchev–Trinajstić information content (AvgIpc) is 2.32.